The van der Waals surface area contributed by atoms with Gasteiger partial charge in [0.2, 0.25) is 0 Å². The summed E-state index contributed by atoms with van der Waals surface area (Å²) in [5, 5.41) is 14.1. The average Bonchev–Trinajstić information content (AvgIpc) is 2.33. The van der Waals surface area contributed by atoms with E-state index in [4.69, 9.17) is 4.74 Å². The molecule has 1 aliphatic rings. The van der Waals surface area contributed by atoms with E-state index in [1.165, 1.54) is 6.07 Å². The number of nitrogens with one attached hydrogen (secondary N) is 1. The first-order valence-electron chi connectivity index (χ1n) is 5.76. The number of non-ortho nitro benzene ring substituents is 1. The molecule has 5 nitrogen and oxygen atoms in total. The zero-order chi connectivity index (χ0) is 12.3. The maximum absolute atomic E-state index is 10.7. The molecule has 1 aliphatic heterocycles. The van der Waals surface area contributed by atoms with E-state index < -0.39 is 0 Å². The van der Waals surface area contributed by atoms with Crippen molar-refractivity contribution in [2.45, 2.75) is 25.8 Å². The Bertz CT molecular complexity index is 414. The maximum atomic E-state index is 10.7. The molecule has 0 aliphatic carbocycles. The first kappa shape index (κ1) is 11.9. The zero-order valence-electron chi connectivity index (χ0n) is 9.81. The van der Waals surface area contributed by atoms with Gasteiger partial charge in [-0.25, -0.2) is 0 Å². The van der Waals surface area contributed by atoms with Crippen LogP contribution in [0.2, 0.25) is 0 Å². The lowest BCUT2D eigenvalue weighted by atomic mass is 10.1. The molecule has 0 spiro atoms. The Morgan fingerprint density at radius 1 is 1.41 bits per heavy atom. The molecule has 0 aromatic heterocycles. The summed E-state index contributed by atoms with van der Waals surface area (Å²) in [4.78, 5) is 10.3. The maximum Gasteiger partial charge on any atom is 0.271 e. The minimum atomic E-state index is -0.366. The first-order valence-corrected chi connectivity index (χ1v) is 5.76. The quantitative estimate of drug-likeness (QED) is 0.647. The zero-order valence-corrected chi connectivity index (χ0v) is 9.81. The highest BCUT2D eigenvalue weighted by molar-refractivity contribution is 5.57. The predicted molar refractivity (Wildman–Crippen MR) is 65.3 cm³/mol. The summed E-state index contributed by atoms with van der Waals surface area (Å²) in [5.41, 5.74) is 2.01. The summed E-state index contributed by atoms with van der Waals surface area (Å²) in [6, 6.07) is 5.26. The van der Waals surface area contributed by atoms with E-state index in [1.54, 1.807) is 12.1 Å². The predicted octanol–water partition coefficient (Wildman–Crippen LogP) is 2.49. The number of anilines is 1. The van der Waals surface area contributed by atoms with Crippen LogP contribution in [0.5, 0.6) is 0 Å². The highest BCUT2D eigenvalue weighted by Crippen LogP contribution is 2.24. The van der Waals surface area contributed by atoms with Crippen molar-refractivity contribution in [2.75, 3.05) is 18.5 Å². The molecule has 17 heavy (non-hydrogen) atoms. The van der Waals surface area contributed by atoms with Gasteiger partial charge in [-0.15, -0.1) is 0 Å². The second kappa shape index (κ2) is 5.14. The van der Waals surface area contributed by atoms with Crippen LogP contribution < -0.4 is 5.32 Å². The van der Waals surface area contributed by atoms with Gasteiger partial charge in [-0.2, -0.15) is 0 Å². The number of nitro benzene ring substituents is 1. The molecule has 5 heteroatoms. The molecule has 0 saturated carbocycles. The van der Waals surface area contributed by atoms with Crippen LogP contribution in [0, 0.1) is 17.0 Å². The van der Waals surface area contributed by atoms with E-state index in [0.29, 0.717) is 6.04 Å². The fraction of sp³-hybridized carbons (Fsp3) is 0.500. The van der Waals surface area contributed by atoms with Gasteiger partial charge in [0.1, 0.15) is 0 Å². The van der Waals surface area contributed by atoms with Crippen molar-refractivity contribution >= 4 is 11.4 Å². The normalized spacial score (nSPS) is 16.8. The van der Waals surface area contributed by atoms with Crippen LogP contribution in [0.3, 0.4) is 0 Å². The van der Waals surface area contributed by atoms with Crippen LogP contribution in [0.15, 0.2) is 18.2 Å². The largest absolute Gasteiger partial charge is 0.382 e. The molecule has 0 atom stereocenters. The van der Waals surface area contributed by atoms with Gasteiger partial charge in [0, 0.05) is 37.1 Å². The van der Waals surface area contributed by atoms with E-state index in [2.05, 4.69) is 5.32 Å². The number of ether oxygens (including phenoxy) is 1. The molecule has 1 aromatic rings. The SMILES string of the molecule is Cc1ccc([N+](=O)[O-])cc1NC1CCOCC1. The smallest absolute Gasteiger partial charge is 0.271 e. The third-order valence-electron chi connectivity index (χ3n) is 3.01. The number of benzene rings is 1. The molecule has 0 bridgehead atoms. The summed E-state index contributed by atoms with van der Waals surface area (Å²) in [7, 11) is 0. The molecule has 0 amide bonds. The standard InChI is InChI=1S/C12H16N2O3/c1-9-2-3-11(14(15)16)8-12(9)13-10-4-6-17-7-5-10/h2-3,8,10,13H,4-7H2,1H3. The Balaban J connectivity index is 2.13. The Labute approximate surface area is 99.9 Å². The number of nitrogens with zero attached hydrogens (tertiary/aromatic N) is 1. The molecular formula is C12H16N2O3. The average molecular weight is 236 g/mol. The topological polar surface area (TPSA) is 64.4 Å². The minimum Gasteiger partial charge on any atom is -0.382 e. The Morgan fingerprint density at radius 3 is 2.76 bits per heavy atom. The third kappa shape index (κ3) is 2.94. The Morgan fingerprint density at radius 2 is 2.12 bits per heavy atom. The van der Waals surface area contributed by atoms with Crippen LogP contribution in [0.4, 0.5) is 11.4 Å². The number of aryl methyl sites for hydroxylation is 1. The van der Waals surface area contributed by atoms with Crippen molar-refractivity contribution in [2.24, 2.45) is 0 Å². The summed E-state index contributed by atoms with van der Waals surface area (Å²) in [6.45, 7) is 3.46. The fourth-order valence-corrected chi connectivity index (χ4v) is 1.94. The van der Waals surface area contributed by atoms with Crippen molar-refractivity contribution in [1.29, 1.82) is 0 Å². The monoisotopic (exact) mass is 236 g/mol. The highest BCUT2D eigenvalue weighted by Gasteiger charge is 2.15. The molecule has 0 radical (unpaired) electrons. The van der Waals surface area contributed by atoms with Gasteiger partial charge in [0.15, 0.2) is 0 Å². The molecule has 0 unspecified atom stereocenters. The van der Waals surface area contributed by atoms with Gasteiger partial charge >= 0.3 is 0 Å². The van der Waals surface area contributed by atoms with Crippen LogP contribution in [0.25, 0.3) is 0 Å². The fourth-order valence-electron chi connectivity index (χ4n) is 1.94. The van der Waals surface area contributed by atoms with Gasteiger partial charge in [0.25, 0.3) is 5.69 Å². The summed E-state index contributed by atoms with van der Waals surface area (Å²) in [6.07, 6.45) is 1.89. The number of hydrogen-bond acceptors (Lipinski definition) is 4. The van der Waals surface area contributed by atoms with Crippen molar-refractivity contribution in [3.8, 4) is 0 Å². The molecule has 2 rings (SSSR count). The first-order chi connectivity index (χ1) is 8.16. The molecule has 1 fully saturated rings. The minimum absolute atomic E-state index is 0.130. The molecule has 1 heterocycles. The van der Waals surface area contributed by atoms with E-state index >= 15 is 0 Å². The molecule has 1 aromatic carbocycles. The summed E-state index contributed by atoms with van der Waals surface area (Å²) >= 11 is 0. The number of hydrogen-bond donors (Lipinski definition) is 1. The lowest BCUT2D eigenvalue weighted by Gasteiger charge is -2.24. The van der Waals surface area contributed by atoms with Gasteiger partial charge < -0.3 is 10.1 Å². The molecule has 92 valence electrons. The van der Waals surface area contributed by atoms with Crippen LogP contribution in [0.1, 0.15) is 18.4 Å². The Kier molecular flexibility index (Phi) is 3.58. The van der Waals surface area contributed by atoms with E-state index in [9.17, 15) is 10.1 Å². The van der Waals surface area contributed by atoms with E-state index in [-0.39, 0.29) is 10.6 Å². The van der Waals surface area contributed by atoms with Gasteiger partial charge in [0.05, 0.1) is 4.92 Å². The number of nitro groups is 1. The highest BCUT2D eigenvalue weighted by atomic mass is 16.6. The summed E-state index contributed by atoms with van der Waals surface area (Å²) in [5.74, 6) is 0. The Hall–Kier alpha value is -1.62. The van der Waals surface area contributed by atoms with Crippen molar-refractivity contribution in [3.05, 3.63) is 33.9 Å². The van der Waals surface area contributed by atoms with Crippen molar-refractivity contribution in [3.63, 3.8) is 0 Å². The van der Waals surface area contributed by atoms with Gasteiger partial charge in [-0.3, -0.25) is 10.1 Å². The second-order valence-electron chi connectivity index (χ2n) is 4.29. The molecule has 1 N–H and O–H groups in total. The number of rotatable bonds is 3. The molecular weight excluding hydrogens is 220 g/mol. The summed E-state index contributed by atoms with van der Waals surface area (Å²) < 4.78 is 5.28. The van der Waals surface area contributed by atoms with E-state index in [1.807, 2.05) is 6.92 Å². The third-order valence-corrected chi connectivity index (χ3v) is 3.01. The van der Waals surface area contributed by atoms with Gasteiger partial charge in [-0.1, -0.05) is 6.07 Å². The van der Waals surface area contributed by atoms with Crippen LogP contribution in [-0.4, -0.2) is 24.2 Å². The van der Waals surface area contributed by atoms with Crippen molar-refractivity contribution in [1.82, 2.24) is 0 Å². The lowest BCUT2D eigenvalue weighted by molar-refractivity contribution is -0.384. The van der Waals surface area contributed by atoms with Crippen molar-refractivity contribution < 1.29 is 9.66 Å². The van der Waals surface area contributed by atoms with Gasteiger partial charge in [-0.05, 0) is 25.3 Å². The van der Waals surface area contributed by atoms with Crippen LogP contribution >= 0.6 is 0 Å². The lowest BCUT2D eigenvalue weighted by Crippen LogP contribution is -2.28. The molecule has 1 saturated heterocycles. The van der Waals surface area contributed by atoms with Crippen LogP contribution in [-0.2, 0) is 4.74 Å². The second-order valence-corrected chi connectivity index (χ2v) is 4.29. The van der Waals surface area contributed by atoms with E-state index in [0.717, 1.165) is 37.3 Å².